The lowest BCUT2D eigenvalue weighted by molar-refractivity contribution is 0.0925. The lowest BCUT2D eigenvalue weighted by Gasteiger charge is -2.37. The molecule has 1 aliphatic rings. The topological polar surface area (TPSA) is 79.1 Å². The van der Waals surface area contributed by atoms with Crippen LogP contribution in [0.2, 0.25) is 0 Å². The first kappa shape index (κ1) is 22.4. The Balaban J connectivity index is 2.18. The molecule has 0 amide bonds. The minimum absolute atomic E-state index is 0.0141. The summed E-state index contributed by atoms with van der Waals surface area (Å²) >= 11 is 0. The van der Waals surface area contributed by atoms with Crippen LogP contribution >= 0.6 is 0 Å². The summed E-state index contributed by atoms with van der Waals surface area (Å²) in [6, 6.07) is 4.18. The molecule has 5 heteroatoms. The third-order valence-electron chi connectivity index (χ3n) is 6.11. The van der Waals surface area contributed by atoms with E-state index in [9.17, 15) is 4.39 Å². The molecule has 0 saturated carbocycles. The van der Waals surface area contributed by atoms with Crippen LogP contribution in [-0.2, 0) is 0 Å². The van der Waals surface area contributed by atoms with Crippen LogP contribution in [-0.4, -0.2) is 36.0 Å². The van der Waals surface area contributed by atoms with E-state index >= 15 is 0 Å². The van der Waals surface area contributed by atoms with E-state index in [0.29, 0.717) is 24.2 Å². The van der Waals surface area contributed by atoms with Gasteiger partial charge in [0, 0.05) is 29.8 Å². The number of halogens is 1. The van der Waals surface area contributed by atoms with Crippen molar-refractivity contribution in [2.45, 2.75) is 77.4 Å². The maximum Gasteiger partial charge on any atom is 0.125 e. The van der Waals surface area contributed by atoms with Gasteiger partial charge in [0.15, 0.2) is 0 Å². The van der Waals surface area contributed by atoms with Crippen LogP contribution in [0.3, 0.4) is 0 Å². The Bertz CT molecular complexity index is 738. The molecule has 28 heavy (non-hydrogen) atoms. The van der Waals surface area contributed by atoms with Crippen molar-refractivity contribution in [3.63, 3.8) is 0 Å². The Kier molecular flexibility index (Phi) is 7.27. The van der Waals surface area contributed by atoms with E-state index in [0.717, 1.165) is 31.2 Å². The number of benzene rings is 1. The minimum Gasteiger partial charge on any atom is -0.398 e. The maximum atomic E-state index is 14.9. The molecule has 1 aromatic carbocycles. The van der Waals surface area contributed by atoms with Crippen molar-refractivity contribution < 1.29 is 4.39 Å². The van der Waals surface area contributed by atoms with Crippen LogP contribution in [0.4, 0.5) is 10.1 Å². The smallest absolute Gasteiger partial charge is 0.125 e. The van der Waals surface area contributed by atoms with Gasteiger partial charge in [-0.3, -0.25) is 10.3 Å². The van der Waals surface area contributed by atoms with Gasteiger partial charge in [0.25, 0.3) is 0 Å². The van der Waals surface area contributed by atoms with Crippen LogP contribution < -0.4 is 11.5 Å². The van der Waals surface area contributed by atoms with Gasteiger partial charge < -0.3 is 11.5 Å². The number of alkyl halides is 1. The molecular formula is C23H37FN4. The van der Waals surface area contributed by atoms with E-state index in [-0.39, 0.29) is 17.8 Å². The Morgan fingerprint density at radius 3 is 2.57 bits per heavy atom. The summed E-state index contributed by atoms with van der Waals surface area (Å²) in [6.07, 6.45) is 6.85. The zero-order chi connectivity index (χ0) is 21.1. The van der Waals surface area contributed by atoms with Crippen LogP contribution in [0.25, 0.3) is 0 Å². The standard InChI is InChI=1S/C23H37FN4/c1-6-7-12-23(4,24)14-28(5)20-11-8-17(13-15(20)2)18-9-10-19(25)21(16(18)3)22(26)27/h9-10,13,17,20H,6-8,11-12,14,25H2,1-5H3,(H3,26,27). The number of nitrogen functional groups attached to an aromatic ring is 2. The average molecular weight is 389 g/mol. The van der Waals surface area contributed by atoms with Crippen molar-refractivity contribution in [2.75, 3.05) is 19.3 Å². The number of nitrogens with two attached hydrogens (primary N) is 2. The van der Waals surface area contributed by atoms with Gasteiger partial charge in [-0.05, 0) is 64.3 Å². The molecular weight excluding hydrogens is 351 g/mol. The van der Waals surface area contributed by atoms with Gasteiger partial charge in [0.05, 0.1) is 0 Å². The number of hydrogen-bond donors (Lipinski definition) is 3. The summed E-state index contributed by atoms with van der Waals surface area (Å²) < 4.78 is 14.9. The number of nitrogens with zero attached hydrogens (tertiary/aromatic N) is 1. The summed E-state index contributed by atoms with van der Waals surface area (Å²) in [5.41, 5.74) is 15.3. The first-order valence-electron chi connectivity index (χ1n) is 10.4. The first-order chi connectivity index (χ1) is 13.1. The zero-order valence-electron chi connectivity index (χ0n) is 18.1. The van der Waals surface area contributed by atoms with Crippen LogP contribution in [0, 0.1) is 12.3 Å². The Hall–Kier alpha value is -1.88. The van der Waals surface area contributed by atoms with Crippen molar-refractivity contribution in [3.05, 3.63) is 40.5 Å². The molecule has 0 saturated heterocycles. The highest BCUT2D eigenvalue weighted by atomic mass is 19.1. The highest BCUT2D eigenvalue weighted by Crippen LogP contribution is 2.37. The summed E-state index contributed by atoms with van der Waals surface area (Å²) in [4.78, 5) is 2.18. The van der Waals surface area contributed by atoms with Gasteiger partial charge in [-0.25, -0.2) is 4.39 Å². The van der Waals surface area contributed by atoms with Crippen molar-refractivity contribution in [1.29, 1.82) is 5.41 Å². The average Bonchev–Trinajstić information content (AvgIpc) is 2.59. The minimum atomic E-state index is -1.15. The quantitative estimate of drug-likeness (QED) is 0.256. The molecule has 1 aliphatic carbocycles. The molecule has 0 aliphatic heterocycles. The second-order valence-corrected chi connectivity index (χ2v) is 8.70. The normalized spacial score (nSPS) is 22.0. The van der Waals surface area contributed by atoms with E-state index in [4.69, 9.17) is 16.9 Å². The van der Waals surface area contributed by atoms with E-state index in [1.165, 1.54) is 11.1 Å². The van der Waals surface area contributed by atoms with E-state index < -0.39 is 5.67 Å². The Morgan fingerprint density at radius 1 is 1.32 bits per heavy atom. The molecule has 2 rings (SSSR count). The predicted molar refractivity (Wildman–Crippen MR) is 118 cm³/mol. The fraction of sp³-hybridized carbons (Fsp3) is 0.609. The van der Waals surface area contributed by atoms with Crippen molar-refractivity contribution in [2.24, 2.45) is 5.73 Å². The number of likely N-dealkylation sites (N-methyl/N-ethyl adjacent to an activating group) is 1. The predicted octanol–water partition coefficient (Wildman–Crippen LogP) is 4.90. The van der Waals surface area contributed by atoms with Crippen LogP contribution in [0.1, 0.15) is 75.5 Å². The largest absolute Gasteiger partial charge is 0.398 e. The number of amidine groups is 1. The maximum absolute atomic E-state index is 14.9. The lowest BCUT2D eigenvalue weighted by Crippen LogP contribution is -2.43. The molecule has 0 bridgehead atoms. The summed E-state index contributed by atoms with van der Waals surface area (Å²) in [5, 5.41) is 7.83. The second-order valence-electron chi connectivity index (χ2n) is 8.70. The number of anilines is 1. The summed E-state index contributed by atoms with van der Waals surface area (Å²) in [7, 11) is 2.04. The molecule has 1 aromatic rings. The van der Waals surface area contributed by atoms with E-state index in [2.05, 4.69) is 30.9 Å². The van der Waals surface area contributed by atoms with Crippen LogP contribution in [0.5, 0.6) is 0 Å². The van der Waals surface area contributed by atoms with Gasteiger partial charge in [0.1, 0.15) is 11.5 Å². The van der Waals surface area contributed by atoms with Crippen LogP contribution in [0.15, 0.2) is 23.8 Å². The van der Waals surface area contributed by atoms with Crippen molar-refractivity contribution >= 4 is 11.5 Å². The molecule has 0 fully saturated rings. The van der Waals surface area contributed by atoms with Gasteiger partial charge in [-0.15, -0.1) is 0 Å². The number of hydrogen-bond acceptors (Lipinski definition) is 3. The molecule has 0 aromatic heterocycles. The number of unbranched alkanes of at least 4 members (excludes halogenated alkanes) is 1. The molecule has 0 spiro atoms. The number of nitrogens with one attached hydrogen (secondary N) is 1. The number of rotatable bonds is 8. The molecule has 3 atom stereocenters. The third kappa shape index (κ3) is 5.13. The first-order valence-corrected chi connectivity index (χ1v) is 10.4. The summed E-state index contributed by atoms with van der Waals surface area (Å²) in [6.45, 7) is 8.43. The van der Waals surface area contributed by atoms with E-state index in [1.54, 1.807) is 6.92 Å². The second kappa shape index (κ2) is 9.08. The molecule has 0 radical (unpaired) electrons. The fourth-order valence-corrected chi connectivity index (χ4v) is 4.65. The lowest BCUT2D eigenvalue weighted by atomic mass is 9.80. The van der Waals surface area contributed by atoms with Gasteiger partial charge in [0.2, 0.25) is 0 Å². The van der Waals surface area contributed by atoms with Gasteiger partial charge in [-0.2, -0.15) is 0 Å². The van der Waals surface area contributed by atoms with Gasteiger partial charge >= 0.3 is 0 Å². The molecule has 0 heterocycles. The highest BCUT2D eigenvalue weighted by Gasteiger charge is 2.31. The fourth-order valence-electron chi connectivity index (χ4n) is 4.65. The Labute approximate surface area is 169 Å². The monoisotopic (exact) mass is 388 g/mol. The zero-order valence-corrected chi connectivity index (χ0v) is 18.1. The summed E-state index contributed by atoms with van der Waals surface area (Å²) in [5.74, 6) is 0.292. The van der Waals surface area contributed by atoms with Gasteiger partial charge in [-0.1, -0.05) is 37.5 Å². The highest BCUT2D eigenvalue weighted by molar-refractivity contribution is 6.01. The molecule has 3 unspecified atom stereocenters. The van der Waals surface area contributed by atoms with E-state index in [1.807, 2.05) is 20.0 Å². The van der Waals surface area contributed by atoms with Crippen molar-refractivity contribution in [1.82, 2.24) is 4.90 Å². The number of allylic oxidation sites excluding steroid dienone is 1. The Morgan fingerprint density at radius 2 is 2.00 bits per heavy atom. The molecule has 5 N–H and O–H groups in total. The SMILES string of the molecule is CCCCC(C)(F)CN(C)C1CCC(c2ccc(N)c(C(=N)N)c2C)C=C1C. The molecule has 4 nitrogen and oxygen atoms in total. The third-order valence-corrected chi connectivity index (χ3v) is 6.11. The van der Waals surface area contributed by atoms with Crippen molar-refractivity contribution in [3.8, 4) is 0 Å². The molecule has 156 valence electrons.